The number of β-amino-alcohol motifs (C(OH)–C–C–N with tert-alkyl or cyclic N) is 1. The van der Waals surface area contributed by atoms with Crippen LogP contribution in [0.2, 0.25) is 0 Å². The number of aliphatic hydroxyl groups is 2. The minimum Gasteiger partial charge on any atom is -0.497 e. The zero-order valence-corrected chi connectivity index (χ0v) is 26.7. The molecule has 0 radical (unpaired) electrons. The summed E-state index contributed by atoms with van der Waals surface area (Å²) in [6.07, 6.45) is 0.102. The van der Waals surface area contributed by atoms with Gasteiger partial charge in [0, 0.05) is 32.0 Å². The Labute approximate surface area is 276 Å². The molecule has 47 heavy (non-hydrogen) atoms. The van der Waals surface area contributed by atoms with Crippen molar-refractivity contribution in [3.63, 3.8) is 0 Å². The van der Waals surface area contributed by atoms with Crippen molar-refractivity contribution < 1.29 is 24.5 Å². The molecule has 5 atom stereocenters. The largest absolute Gasteiger partial charge is 0.497 e. The molecule has 6 rings (SSSR count). The van der Waals surface area contributed by atoms with Gasteiger partial charge in [0.1, 0.15) is 5.75 Å². The van der Waals surface area contributed by atoms with Gasteiger partial charge in [0.2, 0.25) is 5.91 Å². The molecule has 0 bridgehead atoms. The molecular weight excluding hydrogens is 590 g/mol. The minimum atomic E-state index is -0.932. The number of hydrogen-bond donors (Lipinski definition) is 3. The fourth-order valence-electron chi connectivity index (χ4n) is 6.97. The Morgan fingerprint density at radius 1 is 0.894 bits per heavy atom. The van der Waals surface area contributed by atoms with Crippen LogP contribution < -0.4 is 10.1 Å². The fourth-order valence-corrected chi connectivity index (χ4v) is 6.97. The van der Waals surface area contributed by atoms with Gasteiger partial charge in [0.05, 0.1) is 31.4 Å². The number of methoxy groups -OCH3 is 1. The fraction of sp³-hybridized carbons (Fsp3) is 0.333. The molecule has 0 aromatic heterocycles. The number of nitrogens with zero attached hydrogens (tertiary/aromatic N) is 2. The van der Waals surface area contributed by atoms with E-state index in [2.05, 4.69) is 17.4 Å². The van der Waals surface area contributed by atoms with Crippen molar-refractivity contribution >= 4 is 11.9 Å². The highest BCUT2D eigenvalue weighted by molar-refractivity contribution is 5.80. The van der Waals surface area contributed by atoms with Crippen LogP contribution in [0.15, 0.2) is 109 Å². The van der Waals surface area contributed by atoms with E-state index in [0.29, 0.717) is 32.4 Å². The lowest BCUT2D eigenvalue weighted by atomic mass is 9.91. The Kier molecular flexibility index (Phi) is 10.2. The number of benzene rings is 4. The van der Waals surface area contributed by atoms with E-state index >= 15 is 0 Å². The Morgan fingerprint density at radius 3 is 2.26 bits per heavy atom. The van der Waals surface area contributed by atoms with Crippen LogP contribution in [-0.4, -0.2) is 70.4 Å². The molecule has 8 nitrogen and oxygen atoms in total. The van der Waals surface area contributed by atoms with Crippen molar-refractivity contribution in [3.8, 4) is 5.75 Å². The van der Waals surface area contributed by atoms with E-state index in [1.807, 2.05) is 102 Å². The number of rotatable bonds is 13. The van der Waals surface area contributed by atoms with Gasteiger partial charge in [-0.25, -0.2) is 4.79 Å². The van der Waals surface area contributed by atoms with E-state index in [0.717, 1.165) is 33.6 Å². The zero-order valence-electron chi connectivity index (χ0n) is 26.7. The highest BCUT2D eigenvalue weighted by Gasteiger charge is 2.39. The number of nitrogens with one attached hydrogen (secondary N) is 1. The smallest absolute Gasteiger partial charge is 0.320 e. The van der Waals surface area contributed by atoms with Gasteiger partial charge < -0.3 is 30.1 Å². The average molecular weight is 634 g/mol. The summed E-state index contributed by atoms with van der Waals surface area (Å²) in [5.41, 5.74) is 5.05. The summed E-state index contributed by atoms with van der Waals surface area (Å²) in [7, 11) is 1.63. The number of urea groups is 1. The highest BCUT2D eigenvalue weighted by atomic mass is 16.5. The topological polar surface area (TPSA) is 102 Å². The third-order valence-corrected chi connectivity index (χ3v) is 9.40. The average Bonchev–Trinajstić information content (AvgIpc) is 3.55. The van der Waals surface area contributed by atoms with Crippen LogP contribution in [0.1, 0.15) is 40.3 Å². The number of aliphatic hydroxyl groups excluding tert-OH is 2. The van der Waals surface area contributed by atoms with Crippen LogP contribution >= 0.6 is 0 Å². The first-order valence-corrected chi connectivity index (χ1v) is 16.4. The van der Waals surface area contributed by atoms with E-state index in [-0.39, 0.29) is 30.9 Å². The van der Waals surface area contributed by atoms with E-state index in [9.17, 15) is 19.8 Å². The van der Waals surface area contributed by atoms with Crippen molar-refractivity contribution in [2.75, 3.05) is 20.2 Å². The summed E-state index contributed by atoms with van der Waals surface area (Å²) in [6, 6.07) is 34.5. The molecule has 1 aliphatic heterocycles. The molecule has 1 heterocycles. The van der Waals surface area contributed by atoms with Gasteiger partial charge in [-0.05, 0) is 59.2 Å². The van der Waals surface area contributed by atoms with Crippen LogP contribution in [0.4, 0.5) is 4.79 Å². The van der Waals surface area contributed by atoms with Crippen LogP contribution in [-0.2, 0) is 30.6 Å². The predicted molar refractivity (Wildman–Crippen MR) is 181 cm³/mol. The normalized spacial score (nSPS) is 20.1. The highest BCUT2D eigenvalue weighted by Crippen LogP contribution is 2.32. The molecule has 4 aromatic carbocycles. The number of ether oxygens (including phenoxy) is 1. The van der Waals surface area contributed by atoms with Crippen LogP contribution in [0, 0.1) is 5.92 Å². The summed E-state index contributed by atoms with van der Waals surface area (Å²) >= 11 is 0. The summed E-state index contributed by atoms with van der Waals surface area (Å²) in [4.78, 5) is 31.3. The Bertz CT molecular complexity index is 1630. The predicted octanol–water partition coefficient (Wildman–Crippen LogP) is 4.93. The molecule has 0 unspecified atom stereocenters. The third kappa shape index (κ3) is 7.84. The maximum atomic E-state index is 13.9. The molecule has 244 valence electrons. The molecule has 3 N–H and O–H groups in total. The van der Waals surface area contributed by atoms with Gasteiger partial charge in [0.15, 0.2) is 0 Å². The molecule has 1 aliphatic carbocycles. The van der Waals surface area contributed by atoms with Gasteiger partial charge in [-0.1, -0.05) is 97.1 Å². The molecule has 2 aliphatic rings. The number of carbonyl (C=O) groups excluding carboxylic acids is 2. The van der Waals surface area contributed by atoms with Gasteiger partial charge in [0.25, 0.3) is 0 Å². The first kappa shape index (κ1) is 32.3. The maximum Gasteiger partial charge on any atom is 0.320 e. The lowest BCUT2D eigenvalue weighted by Crippen LogP contribution is -2.44. The van der Waals surface area contributed by atoms with Crippen LogP contribution in [0.5, 0.6) is 5.75 Å². The van der Waals surface area contributed by atoms with Crippen LogP contribution in [0.3, 0.4) is 0 Å². The van der Waals surface area contributed by atoms with Gasteiger partial charge >= 0.3 is 6.03 Å². The van der Waals surface area contributed by atoms with E-state index < -0.39 is 24.2 Å². The van der Waals surface area contributed by atoms with E-state index in [1.54, 1.807) is 12.0 Å². The number of amides is 3. The first-order valence-electron chi connectivity index (χ1n) is 16.4. The van der Waals surface area contributed by atoms with Crippen molar-refractivity contribution in [2.45, 2.75) is 56.5 Å². The Balaban J connectivity index is 1.18. The van der Waals surface area contributed by atoms with Crippen molar-refractivity contribution in [1.29, 1.82) is 0 Å². The minimum absolute atomic E-state index is 0.114. The lowest BCUT2D eigenvalue weighted by molar-refractivity contribution is -0.127. The van der Waals surface area contributed by atoms with Crippen molar-refractivity contribution in [1.82, 2.24) is 15.1 Å². The Hall–Kier alpha value is -4.66. The van der Waals surface area contributed by atoms with Gasteiger partial charge in [-0.2, -0.15) is 0 Å². The standard InChI is InChI=1S/C39H43N3O5/c1-47-34-18-16-29(17-19-34)24-41-25-32(21-28-12-6-3-7-13-28)42(39(41)46)26-33(43)22-31(20-27-10-4-2-5-11-27)38(45)40-37-35-15-9-8-14-30(35)23-36(37)44/h2-19,31-33,36-37,43-44H,20-26H2,1H3,(H,40,45)/t31-,32+,33+,36-,37+/m1/s1. The number of fused-ring (bicyclic) bond motifs is 1. The molecular formula is C39H43N3O5. The monoisotopic (exact) mass is 633 g/mol. The van der Waals surface area contributed by atoms with Gasteiger partial charge in [-0.15, -0.1) is 0 Å². The molecule has 0 spiro atoms. The SMILES string of the molecule is COc1ccc(CN2C[C@H](Cc3ccccc3)N(C[C@@H](O)C[C@@H](Cc3ccccc3)C(=O)N[C@H]3c4ccccc4C[C@H]3O)C2=O)cc1. The lowest BCUT2D eigenvalue weighted by Gasteiger charge is -2.28. The quantitative estimate of drug-likeness (QED) is 0.194. The molecule has 1 saturated heterocycles. The molecule has 8 heteroatoms. The summed E-state index contributed by atoms with van der Waals surface area (Å²) in [5, 5.41) is 25.5. The molecule has 3 amide bonds. The second-order valence-electron chi connectivity index (χ2n) is 12.7. The Morgan fingerprint density at radius 2 is 1.55 bits per heavy atom. The number of hydrogen-bond acceptors (Lipinski definition) is 5. The maximum absolute atomic E-state index is 13.9. The summed E-state index contributed by atoms with van der Waals surface area (Å²) < 4.78 is 5.29. The third-order valence-electron chi connectivity index (χ3n) is 9.40. The van der Waals surface area contributed by atoms with E-state index in [1.165, 1.54) is 0 Å². The van der Waals surface area contributed by atoms with E-state index in [4.69, 9.17) is 4.74 Å². The first-order chi connectivity index (χ1) is 22.9. The second-order valence-corrected chi connectivity index (χ2v) is 12.7. The summed E-state index contributed by atoms with van der Waals surface area (Å²) in [5.74, 6) is -0.0228. The van der Waals surface area contributed by atoms with Crippen molar-refractivity contribution in [3.05, 3.63) is 137 Å². The molecule has 0 saturated carbocycles. The second kappa shape index (κ2) is 14.8. The molecule has 1 fully saturated rings. The number of carbonyl (C=O) groups is 2. The zero-order chi connectivity index (χ0) is 32.8. The molecule has 4 aromatic rings. The van der Waals surface area contributed by atoms with Crippen LogP contribution in [0.25, 0.3) is 0 Å². The summed E-state index contributed by atoms with van der Waals surface area (Å²) in [6.45, 7) is 1.09. The van der Waals surface area contributed by atoms with Crippen molar-refractivity contribution in [2.24, 2.45) is 5.92 Å². The van der Waals surface area contributed by atoms with Gasteiger partial charge in [-0.3, -0.25) is 4.79 Å².